The molecule has 0 fully saturated rings. The molecule has 0 atom stereocenters. The third-order valence-corrected chi connectivity index (χ3v) is 4.41. The second-order valence-corrected chi connectivity index (χ2v) is 6.44. The zero-order valence-corrected chi connectivity index (χ0v) is 15.1. The van der Waals surface area contributed by atoms with Crippen molar-refractivity contribution in [2.24, 2.45) is 0 Å². The SMILES string of the molecule is Cc1cc(C)c(CCNC(=O)CCc2ccccc2C(=O)O)c(C)c1. The molecule has 0 bridgehead atoms. The van der Waals surface area contributed by atoms with E-state index in [-0.39, 0.29) is 17.9 Å². The third-order valence-electron chi connectivity index (χ3n) is 4.41. The highest BCUT2D eigenvalue weighted by atomic mass is 16.4. The summed E-state index contributed by atoms with van der Waals surface area (Å²) in [6, 6.07) is 11.1. The number of carbonyl (C=O) groups excluding carboxylic acids is 1. The van der Waals surface area contributed by atoms with Crippen LogP contribution in [0.15, 0.2) is 36.4 Å². The number of rotatable bonds is 7. The van der Waals surface area contributed by atoms with Crippen LogP contribution in [0.1, 0.15) is 44.6 Å². The number of carbonyl (C=O) groups is 2. The van der Waals surface area contributed by atoms with Gasteiger partial charge in [-0.25, -0.2) is 4.79 Å². The number of hydrogen-bond donors (Lipinski definition) is 2. The molecule has 2 aromatic rings. The van der Waals surface area contributed by atoms with Crippen molar-refractivity contribution in [2.75, 3.05) is 6.54 Å². The van der Waals surface area contributed by atoms with Gasteiger partial charge in [-0.3, -0.25) is 4.79 Å². The maximum absolute atomic E-state index is 12.1. The number of hydrogen-bond acceptors (Lipinski definition) is 2. The quantitative estimate of drug-likeness (QED) is 0.810. The zero-order valence-electron chi connectivity index (χ0n) is 15.1. The maximum Gasteiger partial charge on any atom is 0.335 e. The van der Waals surface area contributed by atoms with Crippen LogP contribution >= 0.6 is 0 Å². The van der Waals surface area contributed by atoms with Gasteiger partial charge in [0.15, 0.2) is 0 Å². The largest absolute Gasteiger partial charge is 0.478 e. The van der Waals surface area contributed by atoms with E-state index in [1.165, 1.54) is 22.3 Å². The molecule has 0 heterocycles. The van der Waals surface area contributed by atoms with E-state index in [9.17, 15) is 9.59 Å². The van der Waals surface area contributed by atoms with Crippen LogP contribution in [0.2, 0.25) is 0 Å². The Morgan fingerprint density at radius 1 is 1.00 bits per heavy atom. The van der Waals surface area contributed by atoms with Gasteiger partial charge in [0.2, 0.25) is 5.91 Å². The summed E-state index contributed by atoms with van der Waals surface area (Å²) in [5.74, 6) is -1.01. The molecule has 132 valence electrons. The smallest absolute Gasteiger partial charge is 0.335 e. The molecule has 4 nitrogen and oxygen atoms in total. The van der Waals surface area contributed by atoms with Gasteiger partial charge in [0.25, 0.3) is 0 Å². The molecular weight excluding hydrogens is 314 g/mol. The van der Waals surface area contributed by atoms with E-state index in [2.05, 4.69) is 38.2 Å². The molecule has 0 aliphatic rings. The number of carboxylic acids is 1. The van der Waals surface area contributed by atoms with Gasteiger partial charge in [-0.15, -0.1) is 0 Å². The van der Waals surface area contributed by atoms with E-state index in [1.54, 1.807) is 24.3 Å². The van der Waals surface area contributed by atoms with Crippen LogP contribution in [0.4, 0.5) is 0 Å². The minimum atomic E-state index is -0.957. The van der Waals surface area contributed by atoms with Crippen molar-refractivity contribution in [1.82, 2.24) is 5.32 Å². The van der Waals surface area contributed by atoms with Gasteiger partial charge < -0.3 is 10.4 Å². The summed E-state index contributed by atoms with van der Waals surface area (Å²) >= 11 is 0. The van der Waals surface area contributed by atoms with Crippen LogP contribution in [0, 0.1) is 20.8 Å². The maximum atomic E-state index is 12.1. The molecule has 0 aromatic heterocycles. The Balaban J connectivity index is 1.85. The van der Waals surface area contributed by atoms with Crippen molar-refractivity contribution in [3.05, 3.63) is 69.8 Å². The van der Waals surface area contributed by atoms with Crippen molar-refractivity contribution < 1.29 is 14.7 Å². The number of aryl methyl sites for hydroxylation is 4. The number of nitrogens with one attached hydrogen (secondary N) is 1. The van der Waals surface area contributed by atoms with E-state index < -0.39 is 5.97 Å². The lowest BCUT2D eigenvalue weighted by molar-refractivity contribution is -0.121. The fourth-order valence-electron chi connectivity index (χ4n) is 3.21. The first-order valence-corrected chi connectivity index (χ1v) is 8.53. The molecule has 0 saturated carbocycles. The van der Waals surface area contributed by atoms with E-state index >= 15 is 0 Å². The Kier molecular flexibility index (Phi) is 6.34. The Labute approximate surface area is 148 Å². The van der Waals surface area contributed by atoms with Gasteiger partial charge >= 0.3 is 5.97 Å². The van der Waals surface area contributed by atoms with E-state index in [1.807, 2.05) is 0 Å². The van der Waals surface area contributed by atoms with Crippen molar-refractivity contribution in [3.63, 3.8) is 0 Å². The fraction of sp³-hybridized carbons (Fsp3) is 0.333. The number of benzene rings is 2. The molecule has 2 aromatic carbocycles. The Morgan fingerprint density at radius 3 is 2.28 bits per heavy atom. The predicted molar refractivity (Wildman–Crippen MR) is 99.1 cm³/mol. The molecule has 0 spiro atoms. The highest BCUT2D eigenvalue weighted by molar-refractivity contribution is 5.89. The first-order valence-electron chi connectivity index (χ1n) is 8.53. The van der Waals surface area contributed by atoms with Gasteiger partial charge in [0.1, 0.15) is 0 Å². The van der Waals surface area contributed by atoms with E-state index in [4.69, 9.17) is 5.11 Å². The molecular formula is C21H25NO3. The Morgan fingerprint density at radius 2 is 1.64 bits per heavy atom. The monoisotopic (exact) mass is 339 g/mol. The molecule has 0 radical (unpaired) electrons. The minimum absolute atomic E-state index is 0.0531. The highest BCUT2D eigenvalue weighted by Gasteiger charge is 2.11. The van der Waals surface area contributed by atoms with Crippen LogP contribution in [0.25, 0.3) is 0 Å². The first kappa shape index (κ1) is 18.7. The van der Waals surface area contributed by atoms with Crippen molar-refractivity contribution in [3.8, 4) is 0 Å². The van der Waals surface area contributed by atoms with Gasteiger partial charge in [0, 0.05) is 13.0 Å². The lowest BCUT2D eigenvalue weighted by Gasteiger charge is -2.12. The molecule has 4 heteroatoms. The molecule has 1 amide bonds. The number of aromatic carboxylic acids is 1. The minimum Gasteiger partial charge on any atom is -0.478 e. The third kappa shape index (κ3) is 5.18. The van der Waals surface area contributed by atoms with Crippen LogP contribution in [0.5, 0.6) is 0 Å². The van der Waals surface area contributed by atoms with E-state index in [0.717, 1.165) is 6.42 Å². The van der Waals surface area contributed by atoms with Crippen LogP contribution in [-0.2, 0) is 17.6 Å². The zero-order chi connectivity index (χ0) is 18.4. The topological polar surface area (TPSA) is 66.4 Å². The summed E-state index contributed by atoms with van der Waals surface area (Å²) in [4.78, 5) is 23.2. The molecule has 2 N–H and O–H groups in total. The lowest BCUT2D eigenvalue weighted by Crippen LogP contribution is -2.26. The summed E-state index contributed by atoms with van der Waals surface area (Å²) in [6.45, 7) is 6.87. The van der Waals surface area contributed by atoms with Crippen LogP contribution in [0.3, 0.4) is 0 Å². The second kappa shape index (κ2) is 8.47. The van der Waals surface area contributed by atoms with Gasteiger partial charge in [-0.05, 0) is 61.9 Å². The summed E-state index contributed by atoms with van der Waals surface area (Å²) in [6.07, 6.45) is 1.52. The summed E-state index contributed by atoms with van der Waals surface area (Å²) < 4.78 is 0. The molecule has 25 heavy (non-hydrogen) atoms. The number of carboxylic acid groups (broad SMARTS) is 1. The average molecular weight is 339 g/mol. The Bertz CT molecular complexity index is 757. The predicted octanol–water partition coefficient (Wildman–Crippen LogP) is 3.60. The fourth-order valence-corrected chi connectivity index (χ4v) is 3.21. The Hall–Kier alpha value is -2.62. The lowest BCUT2D eigenvalue weighted by atomic mass is 9.97. The summed E-state index contributed by atoms with van der Waals surface area (Å²) in [5, 5.41) is 12.1. The van der Waals surface area contributed by atoms with Crippen molar-refractivity contribution in [1.29, 1.82) is 0 Å². The van der Waals surface area contributed by atoms with Crippen molar-refractivity contribution in [2.45, 2.75) is 40.0 Å². The van der Waals surface area contributed by atoms with E-state index in [0.29, 0.717) is 18.5 Å². The van der Waals surface area contributed by atoms with Crippen LogP contribution in [-0.4, -0.2) is 23.5 Å². The second-order valence-electron chi connectivity index (χ2n) is 6.44. The first-order chi connectivity index (χ1) is 11.9. The van der Waals surface area contributed by atoms with Crippen molar-refractivity contribution >= 4 is 11.9 Å². The number of amides is 1. The van der Waals surface area contributed by atoms with Gasteiger partial charge in [0.05, 0.1) is 5.56 Å². The molecule has 0 unspecified atom stereocenters. The molecule has 0 saturated heterocycles. The standard InChI is InChI=1S/C21H25NO3/c1-14-12-15(2)18(16(3)13-14)10-11-22-20(23)9-8-17-6-4-5-7-19(17)21(24)25/h4-7,12-13H,8-11H2,1-3H3,(H,22,23)(H,24,25). The van der Waals surface area contributed by atoms with Crippen LogP contribution < -0.4 is 5.32 Å². The molecule has 0 aliphatic heterocycles. The van der Waals surface area contributed by atoms with Gasteiger partial charge in [-0.2, -0.15) is 0 Å². The van der Waals surface area contributed by atoms with Gasteiger partial charge in [-0.1, -0.05) is 35.9 Å². The molecule has 0 aliphatic carbocycles. The average Bonchev–Trinajstić information content (AvgIpc) is 2.55. The summed E-state index contributed by atoms with van der Waals surface area (Å²) in [5.41, 5.74) is 5.99. The molecule has 2 rings (SSSR count). The summed E-state index contributed by atoms with van der Waals surface area (Å²) in [7, 11) is 0. The highest BCUT2D eigenvalue weighted by Crippen LogP contribution is 2.16. The normalized spacial score (nSPS) is 10.5.